The lowest BCUT2D eigenvalue weighted by Gasteiger charge is -2.19. The minimum absolute atomic E-state index is 0.0593. The number of halogens is 1. The lowest BCUT2D eigenvalue weighted by molar-refractivity contribution is 0.256. The van der Waals surface area contributed by atoms with Crippen LogP contribution in [0.1, 0.15) is 31.7 Å². The van der Waals surface area contributed by atoms with Gasteiger partial charge in [-0.15, -0.1) is 0 Å². The summed E-state index contributed by atoms with van der Waals surface area (Å²) in [5.74, 6) is -0.386. The van der Waals surface area contributed by atoms with Gasteiger partial charge in [-0.2, -0.15) is 0 Å². The van der Waals surface area contributed by atoms with Crippen LogP contribution in [0.4, 0.5) is 4.39 Å². The van der Waals surface area contributed by atoms with Crippen LogP contribution in [0.25, 0.3) is 0 Å². The van der Waals surface area contributed by atoms with E-state index in [1.807, 2.05) is 0 Å². The maximum absolute atomic E-state index is 13.3. The highest BCUT2D eigenvalue weighted by Gasteiger charge is 2.39. The molecule has 0 radical (unpaired) electrons. The van der Waals surface area contributed by atoms with E-state index in [2.05, 4.69) is 16.5 Å². The zero-order valence-electron chi connectivity index (χ0n) is 12.3. The predicted octanol–water partition coefficient (Wildman–Crippen LogP) is 2.04. The molecule has 1 aliphatic heterocycles. The van der Waals surface area contributed by atoms with Gasteiger partial charge in [0.2, 0.25) is 10.0 Å². The fraction of sp³-hybridized carbons (Fsp3) is 0.600. The molecule has 1 aliphatic carbocycles. The molecule has 0 unspecified atom stereocenters. The second-order valence-electron chi connectivity index (χ2n) is 6.24. The van der Waals surface area contributed by atoms with Gasteiger partial charge in [0, 0.05) is 24.7 Å². The SMILES string of the molecule is Cc1cc(S(=O)(=O)N[C@@H]2C[C@@H](C)N(C3CC3)C2)ccc1F. The first-order valence-corrected chi connectivity index (χ1v) is 8.89. The minimum atomic E-state index is -3.58. The summed E-state index contributed by atoms with van der Waals surface area (Å²) in [6.45, 7) is 4.49. The first kappa shape index (κ1) is 14.9. The van der Waals surface area contributed by atoms with Crippen molar-refractivity contribution in [2.24, 2.45) is 0 Å². The first-order chi connectivity index (χ1) is 9.87. The van der Waals surface area contributed by atoms with E-state index in [1.54, 1.807) is 6.92 Å². The van der Waals surface area contributed by atoms with Crippen LogP contribution < -0.4 is 4.72 Å². The van der Waals surface area contributed by atoms with E-state index in [0.29, 0.717) is 17.6 Å². The van der Waals surface area contributed by atoms with Crippen LogP contribution in [0, 0.1) is 12.7 Å². The molecule has 1 saturated carbocycles. The molecular weight excluding hydrogens is 291 g/mol. The molecule has 1 aromatic carbocycles. The van der Waals surface area contributed by atoms with Gasteiger partial charge in [0.05, 0.1) is 4.90 Å². The number of nitrogens with one attached hydrogen (secondary N) is 1. The number of nitrogens with zero attached hydrogens (tertiary/aromatic N) is 1. The van der Waals surface area contributed by atoms with E-state index in [0.717, 1.165) is 13.0 Å². The normalized spacial score (nSPS) is 27.2. The summed E-state index contributed by atoms with van der Waals surface area (Å²) in [6.07, 6.45) is 3.28. The molecule has 1 aromatic rings. The van der Waals surface area contributed by atoms with Gasteiger partial charge < -0.3 is 0 Å². The molecule has 2 aliphatic rings. The molecule has 1 N–H and O–H groups in total. The molecule has 116 valence electrons. The van der Waals surface area contributed by atoms with Gasteiger partial charge in [0.25, 0.3) is 0 Å². The third-order valence-corrected chi connectivity index (χ3v) is 5.92. The number of aryl methyl sites for hydroxylation is 1. The largest absolute Gasteiger partial charge is 0.296 e. The van der Waals surface area contributed by atoms with Crippen molar-refractivity contribution >= 4 is 10.0 Å². The Labute approximate surface area is 125 Å². The fourth-order valence-electron chi connectivity index (χ4n) is 3.13. The summed E-state index contributed by atoms with van der Waals surface area (Å²) < 4.78 is 40.8. The minimum Gasteiger partial charge on any atom is -0.296 e. The highest BCUT2D eigenvalue weighted by atomic mass is 32.2. The van der Waals surface area contributed by atoms with E-state index in [4.69, 9.17) is 0 Å². The number of rotatable bonds is 4. The second-order valence-corrected chi connectivity index (χ2v) is 7.96. The Morgan fingerprint density at radius 3 is 2.67 bits per heavy atom. The molecule has 0 amide bonds. The molecule has 0 spiro atoms. The standard InChI is InChI=1S/C15H21FN2O2S/c1-10-7-14(5-6-15(10)16)21(19,20)17-12-8-11(2)18(9-12)13-3-4-13/h5-7,11-13,17H,3-4,8-9H2,1-2H3/t11-,12-/m1/s1. The van der Waals surface area contributed by atoms with Gasteiger partial charge in [0.15, 0.2) is 0 Å². The average Bonchev–Trinajstić information content (AvgIpc) is 3.17. The Morgan fingerprint density at radius 2 is 2.05 bits per heavy atom. The predicted molar refractivity (Wildman–Crippen MR) is 79.1 cm³/mol. The van der Waals surface area contributed by atoms with Gasteiger partial charge in [-0.1, -0.05) is 0 Å². The molecule has 1 saturated heterocycles. The van der Waals surface area contributed by atoms with Crippen LogP contribution in [-0.2, 0) is 10.0 Å². The average molecular weight is 312 g/mol. The molecule has 0 aromatic heterocycles. The van der Waals surface area contributed by atoms with E-state index in [1.165, 1.54) is 31.0 Å². The highest BCUT2D eigenvalue weighted by molar-refractivity contribution is 7.89. The van der Waals surface area contributed by atoms with Crippen LogP contribution in [0.15, 0.2) is 23.1 Å². The first-order valence-electron chi connectivity index (χ1n) is 7.41. The van der Waals surface area contributed by atoms with Crippen LogP contribution in [0.2, 0.25) is 0 Å². The molecule has 6 heteroatoms. The number of hydrogen-bond donors (Lipinski definition) is 1. The summed E-state index contributed by atoms with van der Waals surface area (Å²) in [5, 5.41) is 0. The molecule has 21 heavy (non-hydrogen) atoms. The van der Waals surface area contributed by atoms with E-state index in [-0.39, 0.29) is 16.8 Å². The summed E-state index contributed by atoms with van der Waals surface area (Å²) >= 11 is 0. The Bertz CT molecular complexity index is 643. The molecule has 3 rings (SSSR count). The zero-order chi connectivity index (χ0) is 15.2. The lowest BCUT2D eigenvalue weighted by atomic mass is 10.2. The summed E-state index contributed by atoms with van der Waals surface area (Å²) in [6, 6.07) is 4.91. The topological polar surface area (TPSA) is 49.4 Å². The molecule has 0 bridgehead atoms. The van der Waals surface area contributed by atoms with Crippen molar-refractivity contribution in [3.05, 3.63) is 29.6 Å². The lowest BCUT2D eigenvalue weighted by Crippen LogP contribution is -2.37. The van der Waals surface area contributed by atoms with Crippen molar-refractivity contribution in [1.29, 1.82) is 0 Å². The van der Waals surface area contributed by atoms with Crippen molar-refractivity contribution in [1.82, 2.24) is 9.62 Å². The fourth-order valence-corrected chi connectivity index (χ4v) is 4.45. The second kappa shape index (κ2) is 5.34. The van der Waals surface area contributed by atoms with Gasteiger partial charge in [-0.05, 0) is 56.9 Å². The molecule has 2 fully saturated rings. The zero-order valence-corrected chi connectivity index (χ0v) is 13.2. The maximum Gasteiger partial charge on any atom is 0.240 e. The molecular formula is C15H21FN2O2S. The van der Waals surface area contributed by atoms with Gasteiger partial charge >= 0.3 is 0 Å². The highest BCUT2D eigenvalue weighted by Crippen LogP contribution is 2.33. The Hall–Kier alpha value is -0.980. The van der Waals surface area contributed by atoms with Crippen LogP contribution >= 0.6 is 0 Å². The molecule has 2 atom stereocenters. The monoisotopic (exact) mass is 312 g/mol. The summed E-state index contributed by atoms with van der Waals surface area (Å²) in [4.78, 5) is 2.53. The summed E-state index contributed by atoms with van der Waals surface area (Å²) in [5.41, 5.74) is 0.345. The van der Waals surface area contributed by atoms with E-state index >= 15 is 0 Å². The van der Waals surface area contributed by atoms with Gasteiger partial charge in [0.1, 0.15) is 5.82 Å². The Morgan fingerprint density at radius 1 is 1.33 bits per heavy atom. The third-order valence-electron chi connectivity index (χ3n) is 4.40. The molecule has 1 heterocycles. The number of benzene rings is 1. The third kappa shape index (κ3) is 3.12. The Kier molecular flexibility index (Phi) is 3.80. The maximum atomic E-state index is 13.3. The van der Waals surface area contributed by atoms with Crippen molar-refractivity contribution in [2.75, 3.05) is 6.54 Å². The summed E-state index contributed by atoms with van der Waals surface area (Å²) in [7, 11) is -3.58. The van der Waals surface area contributed by atoms with Crippen molar-refractivity contribution < 1.29 is 12.8 Å². The van der Waals surface area contributed by atoms with Crippen LogP contribution in [0.3, 0.4) is 0 Å². The van der Waals surface area contributed by atoms with Gasteiger partial charge in [-0.25, -0.2) is 17.5 Å². The van der Waals surface area contributed by atoms with Crippen molar-refractivity contribution in [3.63, 3.8) is 0 Å². The van der Waals surface area contributed by atoms with Crippen LogP contribution in [0.5, 0.6) is 0 Å². The van der Waals surface area contributed by atoms with E-state index in [9.17, 15) is 12.8 Å². The van der Waals surface area contributed by atoms with Crippen molar-refractivity contribution in [2.45, 2.75) is 56.1 Å². The van der Waals surface area contributed by atoms with Gasteiger partial charge in [-0.3, -0.25) is 4.90 Å². The van der Waals surface area contributed by atoms with Crippen LogP contribution in [-0.4, -0.2) is 38.0 Å². The number of sulfonamides is 1. The van der Waals surface area contributed by atoms with Crippen molar-refractivity contribution in [3.8, 4) is 0 Å². The number of likely N-dealkylation sites (tertiary alicyclic amines) is 1. The smallest absolute Gasteiger partial charge is 0.240 e. The quantitative estimate of drug-likeness (QED) is 0.925. The Balaban J connectivity index is 1.72. The van der Waals surface area contributed by atoms with E-state index < -0.39 is 10.0 Å². The number of hydrogen-bond acceptors (Lipinski definition) is 3. The molecule has 4 nitrogen and oxygen atoms in total.